The van der Waals surface area contributed by atoms with E-state index < -0.39 is 0 Å². The number of anilines is 1. The van der Waals surface area contributed by atoms with Crippen LogP contribution >= 0.6 is 0 Å². The van der Waals surface area contributed by atoms with Gasteiger partial charge in [0.05, 0.1) is 6.54 Å². The van der Waals surface area contributed by atoms with E-state index in [9.17, 15) is 4.79 Å². The smallest absolute Gasteiger partial charge is 0.238 e. The van der Waals surface area contributed by atoms with Crippen molar-refractivity contribution >= 4 is 22.4 Å². The number of nitrogens with one attached hydrogen (secondary N) is 1. The van der Waals surface area contributed by atoms with Gasteiger partial charge in [0, 0.05) is 5.69 Å². The van der Waals surface area contributed by atoms with E-state index in [1.165, 1.54) is 31.1 Å². The molecule has 0 bridgehead atoms. The molecule has 1 saturated heterocycles. The van der Waals surface area contributed by atoms with Crippen LogP contribution in [0, 0.1) is 0 Å². The van der Waals surface area contributed by atoms with E-state index in [1.807, 2.05) is 24.3 Å². The largest absolute Gasteiger partial charge is 0.325 e. The number of amides is 1. The highest BCUT2D eigenvalue weighted by Gasteiger charge is 2.13. The van der Waals surface area contributed by atoms with Crippen LogP contribution in [0.15, 0.2) is 42.5 Å². The van der Waals surface area contributed by atoms with Gasteiger partial charge in [-0.2, -0.15) is 0 Å². The van der Waals surface area contributed by atoms with Crippen molar-refractivity contribution in [2.24, 2.45) is 0 Å². The third-order valence-corrected chi connectivity index (χ3v) is 4.10. The molecule has 0 spiro atoms. The Morgan fingerprint density at radius 1 is 0.952 bits per heavy atom. The van der Waals surface area contributed by atoms with E-state index in [4.69, 9.17) is 0 Å². The highest BCUT2D eigenvalue weighted by atomic mass is 16.2. The molecular formula is C18H22N2O. The highest BCUT2D eigenvalue weighted by Crippen LogP contribution is 2.19. The second kappa shape index (κ2) is 6.72. The molecule has 0 aromatic heterocycles. The normalized spacial score (nSPS) is 16.6. The van der Waals surface area contributed by atoms with Crippen molar-refractivity contribution in [1.82, 2.24) is 4.90 Å². The Kier molecular flexibility index (Phi) is 4.51. The maximum Gasteiger partial charge on any atom is 0.238 e. The van der Waals surface area contributed by atoms with Gasteiger partial charge < -0.3 is 5.32 Å². The summed E-state index contributed by atoms with van der Waals surface area (Å²) in [6.07, 6.45) is 5.01. The Bertz CT molecular complexity index is 615. The molecule has 2 aromatic carbocycles. The molecule has 0 aliphatic carbocycles. The summed E-state index contributed by atoms with van der Waals surface area (Å²) >= 11 is 0. The second-order valence-corrected chi connectivity index (χ2v) is 5.80. The average Bonchev–Trinajstić information content (AvgIpc) is 2.75. The van der Waals surface area contributed by atoms with Gasteiger partial charge in [-0.15, -0.1) is 0 Å². The summed E-state index contributed by atoms with van der Waals surface area (Å²) in [7, 11) is 0. The minimum Gasteiger partial charge on any atom is -0.325 e. The number of benzene rings is 2. The molecule has 3 heteroatoms. The van der Waals surface area contributed by atoms with E-state index in [1.54, 1.807) is 0 Å². The summed E-state index contributed by atoms with van der Waals surface area (Å²) in [4.78, 5) is 14.4. The second-order valence-electron chi connectivity index (χ2n) is 5.80. The van der Waals surface area contributed by atoms with Gasteiger partial charge in [-0.25, -0.2) is 0 Å². The quantitative estimate of drug-likeness (QED) is 0.932. The average molecular weight is 282 g/mol. The zero-order valence-electron chi connectivity index (χ0n) is 12.3. The van der Waals surface area contributed by atoms with Crippen LogP contribution in [-0.2, 0) is 4.79 Å². The summed E-state index contributed by atoms with van der Waals surface area (Å²) < 4.78 is 0. The standard InChI is InChI=1S/C18H22N2O/c21-18(14-20-11-5-1-2-6-12-20)19-17-10-9-15-7-3-4-8-16(15)13-17/h3-4,7-10,13H,1-2,5-6,11-12,14H2,(H,19,21). The van der Waals surface area contributed by atoms with Crippen LogP contribution in [0.25, 0.3) is 10.8 Å². The number of fused-ring (bicyclic) bond motifs is 1. The van der Waals surface area contributed by atoms with Crippen molar-refractivity contribution in [2.45, 2.75) is 25.7 Å². The van der Waals surface area contributed by atoms with Gasteiger partial charge in [-0.3, -0.25) is 9.69 Å². The molecule has 3 rings (SSSR count). The molecule has 1 aliphatic heterocycles. The molecule has 110 valence electrons. The zero-order valence-corrected chi connectivity index (χ0v) is 12.3. The lowest BCUT2D eigenvalue weighted by Crippen LogP contribution is -2.33. The number of likely N-dealkylation sites (tertiary alicyclic amines) is 1. The van der Waals surface area contributed by atoms with Crippen molar-refractivity contribution in [3.63, 3.8) is 0 Å². The number of nitrogens with zero attached hydrogens (tertiary/aromatic N) is 1. The summed E-state index contributed by atoms with van der Waals surface area (Å²) in [6.45, 7) is 2.60. The summed E-state index contributed by atoms with van der Waals surface area (Å²) in [5.41, 5.74) is 0.883. The molecule has 0 saturated carbocycles. The van der Waals surface area contributed by atoms with Crippen LogP contribution in [0.4, 0.5) is 5.69 Å². The molecule has 2 aromatic rings. The Balaban J connectivity index is 1.62. The van der Waals surface area contributed by atoms with Crippen LogP contribution in [0.5, 0.6) is 0 Å². The van der Waals surface area contributed by atoms with Crippen LogP contribution < -0.4 is 5.32 Å². The SMILES string of the molecule is O=C(CN1CCCCCC1)Nc1ccc2ccccc2c1. The lowest BCUT2D eigenvalue weighted by atomic mass is 10.1. The van der Waals surface area contributed by atoms with Crippen LogP contribution in [0.3, 0.4) is 0 Å². The first kappa shape index (κ1) is 14.1. The highest BCUT2D eigenvalue weighted by molar-refractivity contribution is 5.95. The fourth-order valence-electron chi connectivity index (χ4n) is 2.96. The third kappa shape index (κ3) is 3.82. The van der Waals surface area contributed by atoms with Gasteiger partial charge in [-0.1, -0.05) is 43.2 Å². The maximum atomic E-state index is 12.2. The molecule has 0 radical (unpaired) electrons. The molecular weight excluding hydrogens is 260 g/mol. The summed E-state index contributed by atoms with van der Waals surface area (Å²) in [5, 5.41) is 5.38. The van der Waals surface area contributed by atoms with E-state index in [0.717, 1.165) is 24.2 Å². The van der Waals surface area contributed by atoms with E-state index in [-0.39, 0.29) is 5.91 Å². The predicted molar refractivity (Wildman–Crippen MR) is 87.5 cm³/mol. The molecule has 1 fully saturated rings. The molecule has 0 atom stereocenters. The first-order chi connectivity index (χ1) is 10.3. The van der Waals surface area contributed by atoms with Gasteiger partial charge in [-0.05, 0) is 48.8 Å². The Labute approximate surface area is 125 Å². The van der Waals surface area contributed by atoms with Gasteiger partial charge in [0.2, 0.25) is 5.91 Å². The van der Waals surface area contributed by atoms with E-state index >= 15 is 0 Å². The van der Waals surface area contributed by atoms with Crippen LogP contribution in [-0.4, -0.2) is 30.4 Å². The third-order valence-electron chi connectivity index (χ3n) is 4.10. The monoisotopic (exact) mass is 282 g/mol. The minimum absolute atomic E-state index is 0.0900. The topological polar surface area (TPSA) is 32.3 Å². The molecule has 1 N–H and O–H groups in total. The number of hydrogen-bond donors (Lipinski definition) is 1. The van der Waals surface area contributed by atoms with Crippen LogP contribution in [0.1, 0.15) is 25.7 Å². The van der Waals surface area contributed by atoms with Crippen LogP contribution in [0.2, 0.25) is 0 Å². The van der Waals surface area contributed by atoms with Crippen molar-refractivity contribution in [3.05, 3.63) is 42.5 Å². The molecule has 1 heterocycles. The fraction of sp³-hybridized carbons (Fsp3) is 0.389. The molecule has 1 aliphatic rings. The fourth-order valence-corrected chi connectivity index (χ4v) is 2.96. The van der Waals surface area contributed by atoms with Crippen molar-refractivity contribution in [2.75, 3.05) is 25.0 Å². The summed E-state index contributed by atoms with van der Waals surface area (Å²) in [6, 6.07) is 14.3. The molecule has 3 nitrogen and oxygen atoms in total. The Morgan fingerprint density at radius 2 is 1.67 bits per heavy atom. The van der Waals surface area contributed by atoms with E-state index in [2.05, 4.69) is 28.4 Å². The van der Waals surface area contributed by atoms with Crippen molar-refractivity contribution in [3.8, 4) is 0 Å². The Morgan fingerprint density at radius 3 is 2.43 bits per heavy atom. The van der Waals surface area contributed by atoms with Gasteiger partial charge in [0.25, 0.3) is 0 Å². The number of carbonyl (C=O) groups is 1. The van der Waals surface area contributed by atoms with Gasteiger partial charge in [0.1, 0.15) is 0 Å². The molecule has 21 heavy (non-hydrogen) atoms. The van der Waals surface area contributed by atoms with Crippen molar-refractivity contribution < 1.29 is 4.79 Å². The first-order valence-electron chi connectivity index (χ1n) is 7.82. The number of rotatable bonds is 3. The Hall–Kier alpha value is -1.87. The lowest BCUT2D eigenvalue weighted by Gasteiger charge is -2.19. The molecule has 0 unspecified atom stereocenters. The predicted octanol–water partition coefficient (Wildman–Crippen LogP) is 3.65. The number of hydrogen-bond acceptors (Lipinski definition) is 2. The van der Waals surface area contributed by atoms with Crippen molar-refractivity contribution in [1.29, 1.82) is 0 Å². The minimum atomic E-state index is 0.0900. The van der Waals surface area contributed by atoms with E-state index in [0.29, 0.717) is 6.54 Å². The first-order valence-corrected chi connectivity index (χ1v) is 7.82. The zero-order chi connectivity index (χ0) is 14.5. The molecule has 1 amide bonds. The maximum absolute atomic E-state index is 12.2. The lowest BCUT2D eigenvalue weighted by molar-refractivity contribution is -0.117. The van der Waals surface area contributed by atoms with Gasteiger partial charge >= 0.3 is 0 Å². The number of carbonyl (C=O) groups excluding carboxylic acids is 1. The van der Waals surface area contributed by atoms with Gasteiger partial charge in [0.15, 0.2) is 0 Å². The summed E-state index contributed by atoms with van der Waals surface area (Å²) in [5.74, 6) is 0.0900.